The zero-order valence-electron chi connectivity index (χ0n) is 12.7. The maximum atomic E-state index is 12.5. The molecule has 112 valence electrons. The third-order valence-corrected chi connectivity index (χ3v) is 4.11. The topological polar surface area (TPSA) is 72.9 Å². The van der Waals surface area contributed by atoms with Crippen LogP contribution in [0.1, 0.15) is 46.5 Å². The summed E-state index contributed by atoms with van der Waals surface area (Å²) in [6.07, 6.45) is 8.32. The maximum Gasteiger partial charge on any atom is 0.293 e. The molecule has 1 aromatic heterocycles. The van der Waals surface area contributed by atoms with Gasteiger partial charge in [0.15, 0.2) is 5.82 Å². The lowest BCUT2D eigenvalue weighted by Crippen LogP contribution is -2.40. The van der Waals surface area contributed by atoms with Crippen molar-refractivity contribution in [2.75, 3.05) is 11.9 Å². The smallest absolute Gasteiger partial charge is 0.293 e. The molecule has 0 amide bonds. The molecule has 2 rings (SSSR count). The van der Waals surface area contributed by atoms with Gasteiger partial charge in [0.05, 0.1) is 0 Å². The van der Waals surface area contributed by atoms with Crippen LogP contribution in [0.5, 0.6) is 0 Å². The molecule has 5 heteroatoms. The largest absolute Gasteiger partial charge is 0.361 e. The minimum atomic E-state index is -0.248. The molecule has 1 atom stereocenters. The molecule has 0 radical (unpaired) electrons. The summed E-state index contributed by atoms with van der Waals surface area (Å²) >= 11 is 0. The van der Waals surface area contributed by atoms with Gasteiger partial charge in [-0.2, -0.15) is 0 Å². The molecule has 0 aromatic carbocycles. The Labute approximate surface area is 120 Å². The van der Waals surface area contributed by atoms with Crippen LogP contribution < -0.4 is 16.6 Å². The SMILES string of the molecule is CC(C)(C)n1ccnc(NC(CN)C2CCCC2)c1=O. The molecule has 1 aliphatic carbocycles. The number of aromatic nitrogens is 2. The first-order valence-electron chi connectivity index (χ1n) is 7.48. The molecule has 5 nitrogen and oxygen atoms in total. The van der Waals surface area contributed by atoms with Crippen LogP contribution in [0.15, 0.2) is 17.2 Å². The van der Waals surface area contributed by atoms with Gasteiger partial charge in [-0.05, 0) is 39.5 Å². The van der Waals surface area contributed by atoms with Crippen LogP contribution in [0.4, 0.5) is 5.82 Å². The molecular formula is C15H26N4O. The van der Waals surface area contributed by atoms with E-state index in [4.69, 9.17) is 5.73 Å². The third-order valence-electron chi connectivity index (χ3n) is 4.11. The van der Waals surface area contributed by atoms with Crippen molar-refractivity contribution in [1.29, 1.82) is 0 Å². The number of hydrogen-bond donors (Lipinski definition) is 2. The fourth-order valence-electron chi connectivity index (χ4n) is 2.94. The summed E-state index contributed by atoms with van der Waals surface area (Å²) in [5.74, 6) is 0.981. The summed E-state index contributed by atoms with van der Waals surface area (Å²) in [5, 5.41) is 3.28. The Morgan fingerprint density at radius 1 is 1.45 bits per heavy atom. The second-order valence-corrected chi connectivity index (χ2v) is 6.65. The Hall–Kier alpha value is -1.36. The molecule has 1 unspecified atom stereocenters. The molecule has 1 fully saturated rings. The van der Waals surface area contributed by atoms with Crippen molar-refractivity contribution in [3.05, 3.63) is 22.7 Å². The molecule has 1 heterocycles. The summed E-state index contributed by atoms with van der Waals surface area (Å²) < 4.78 is 1.71. The number of nitrogens with zero attached hydrogens (tertiary/aromatic N) is 2. The zero-order valence-corrected chi connectivity index (χ0v) is 12.7. The molecular weight excluding hydrogens is 252 g/mol. The summed E-state index contributed by atoms with van der Waals surface area (Å²) in [5.41, 5.74) is 5.55. The Kier molecular flexibility index (Phi) is 4.48. The van der Waals surface area contributed by atoms with Crippen LogP contribution in [0.2, 0.25) is 0 Å². The van der Waals surface area contributed by atoms with Crippen LogP contribution in [0, 0.1) is 5.92 Å². The lowest BCUT2D eigenvalue weighted by atomic mass is 9.98. The van der Waals surface area contributed by atoms with Gasteiger partial charge in [-0.25, -0.2) is 4.98 Å². The van der Waals surface area contributed by atoms with Gasteiger partial charge >= 0.3 is 0 Å². The Morgan fingerprint density at radius 3 is 2.65 bits per heavy atom. The van der Waals surface area contributed by atoms with E-state index in [0.717, 1.165) is 0 Å². The van der Waals surface area contributed by atoms with Crippen LogP contribution in [0.25, 0.3) is 0 Å². The van der Waals surface area contributed by atoms with Crippen molar-refractivity contribution < 1.29 is 0 Å². The van der Waals surface area contributed by atoms with Crippen LogP contribution in [0.3, 0.4) is 0 Å². The van der Waals surface area contributed by atoms with E-state index >= 15 is 0 Å². The third kappa shape index (κ3) is 3.20. The van der Waals surface area contributed by atoms with Gasteiger partial charge in [0, 0.05) is 30.5 Å². The van der Waals surface area contributed by atoms with E-state index in [1.807, 2.05) is 20.8 Å². The van der Waals surface area contributed by atoms with Gasteiger partial charge in [0.25, 0.3) is 5.56 Å². The lowest BCUT2D eigenvalue weighted by Gasteiger charge is -2.26. The monoisotopic (exact) mass is 278 g/mol. The van der Waals surface area contributed by atoms with Gasteiger partial charge in [-0.15, -0.1) is 0 Å². The molecule has 0 aliphatic heterocycles. The molecule has 0 spiro atoms. The molecule has 3 N–H and O–H groups in total. The molecule has 1 saturated carbocycles. The number of nitrogens with two attached hydrogens (primary N) is 1. The van der Waals surface area contributed by atoms with Gasteiger partial charge in [-0.3, -0.25) is 4.79 Å². The second-order valence-electron chi connectivity index (χ2n) is 6.65. The maximum absolute atomic E-state index is 12.5. The van der Waals surface area contributed by atoms with Crippen molar-refractivity contribution in [3.63, 3.8) is 0 Å². The molecule has 20 heavy (non-hydrogen) atoms. The van der Waals surface area contributed by atoms with Gasteiger partial charge in [-0.1, -0.05) is 12.8 Å². The van der Waals surface area contributed by atoms with E-state index in [1.165, 1.54) is 25.7 Å². The highest BCUT2D eigenvalue weighted by Gasteiger charge is 2.25. The Morgan fingerprint density at radius 2 is 2.10 bits per heavy atom. The highest BCUT2D eigenvalue weighted by Crippen LogP contribution is 2.28. The first kappa shape index (κ1) is 15.0. The van der Waals surface area contributed by atoms with Crippen molar-refractivity contribution in [2.45, 2.75) is 58.0 Å². The van der Waals surface area contributed by atoms with E-state index < -0.39 is 0 Å². The summed E-state index contributed by atoms with van der Waals surface area (Å²) in [6.45, 7) is 6.57. The van der Waals surface area contributed by atoms with Crippen molar-refractivity contribution in [1.82, 2.24) is 9.55 Å². The van der Waals surface area contributed by atoms with Gasteiger partial charge in [0.1, 0.15) is 0 Å². The molecule has 0 bridgehead atoms. The number of anilines is 1. The van der Waals surface area contributed by atoms with E-state index in [0.29, 0.717) is 18.3 Å². The second kappa shape index (κ2) is 5.95. The minimum Gasteiger partial charge on any atom is -0.361 e. The van der Waals surface area contributed by atoms with Gasteiger partial charge < -0.3 is 15.6 Å². The highest BCUT2D eigenvalue weighted by molar-refractivity contribution is 5.33. The lowest BCUT2D eigenvalue weighted by molar-refractivity contribution is 0.382. The fourth-order valence-corrected chi connectivity index (χ4v) is 2.94. The van der Waals surface area contributed by atoms with Crippen LogP contribution in [-0.4, -0.2) is 22.1 Å². The molecule has 1 aromatic rings. The Balaban J connectivity index is 2.22. The average molecular weight is 278 g/mol. The van der Waals surface area contributed by atoms with Crippen molar-refractivity contribution >= 4 is 5.82 Å². The van der Waals surface area contributed by atoms with Crippen LogP contribution in [-0.2, 0) is 5.54 Å². The van der Waals surface area contributed by atoms with E-state index in [1.54, 1.807) is 17.0 Å². The summed E-state index contributed by atoms with van der Waals surface area (Å²) in [4.78, 5) is 16.7. The van der Waals surface area contributed by atoms with Crippen molar-refractivity contribution in [2.24, 2.45) is 11.7 Å². The van der Waals surface area contributed by atoms with Crippen molar-refractivity contribution in [3.8, 4) is 0 Å². The molecule has 1 aliphatic rings. The summed E-state index contributed by atoms with van der Waals surface area (Å²) in [6, 6.07) is 0.147. The first-order chi connectivity index (χ1) is 9.43. The fraction of sp³-hybridized carbons (Fsp3) is 0.733. The highest BCUT2D eigenvalue weighted by atomic mass is 16.1. The van der Waals surface area contributed by atoms with E-state index in [2.05, 4.69) is 10.3 Å². The predicted octanol–water partition coefficient (Wildman–Crippen LogP) is 1.93. The standard InChI is InChI=1S/C15H26N4O/c1-15(2,3)19-9-8-17-13(14(19)20)18-12(10-16)11-6-4-5-7-11/h8-9,11-12H,4-7,10,16H2,1-3H3,(H,17,18). The predicted molar refractivity (Wildman–Crippen MR) is 81.9 cm³/mol. The number of hydrogen-bond acceptors (Lipinski definition) is 4. The number of rotatable bonds is 4. The van der Waals surface area contributed by atoms with Gasteiger partial charge in [0.2, 0.25) is 0 Å². The van der Waals surface area contributed by atoms with E-state index in [-0.39, 0.29) is 17.1 Å². The normalized spacial score (nSPS) is 18.2. The quantitative estimate of drug-likeness (QED) is 0.882. The summed E-state index contributed by atoms with van der Waals surface area (Å²) in [7, 11) is 0. The zero-order chi connectivity index (χ0) is 14.8. The average Bonchev–Trinajstić information content (AvgIpc) is 2.90. The molecule has 0 saturated heterocycles. The van der Waals surface area contributed by atoms with Crippen LogP contribution >= 0.6 is 0 Å². The van der Waals surface area contributed by atoms with E-state index in [9.17, 15) is 4.79 Å². The minimum absolute atomic E-state index is 0.0727. The Bertz CT molecular complexity index is 497. The number of nitrogens with one attached hydrogen (secondary N) is 1. The first-order valence-corrected chi connectivity index (χ1v) is 7.48.